The number of nitrogens with zero attached hydrogens (tertiary/aromatic N) is 2. The molecule has 1 aliphatic rings. The average Bonchev–Trinajstić information content (AvgIpc) is 2.48. The van der Waals surface area contributed by atoms with Crippen LogP contribution in [-0.2, 0) is 6.54 Å². The van der Waals surface area contributed by atoms with Gasteiger partial charge in [0, 0.05) is 24.2 Å². The maximum atomic E-state index is 14.0. The van der Waals surface area contributed by atoms with Gasteiger partial charge in [0.05, 0.1) is 17.2 Å². The van der Waals surface area contributed by atoms with Gasteiger partial charge in [-0.05, 0) is 26.0 Å². The third-order valence-corrected chi connectivity index (χ3v) is 3.77. The molecule has 1 heterocycles. The lowest BCUT2D eigenvalue weighted by Gasteiger charge is -2.40. The van der Waals surface area contributed by atoms with Crippen molar-refractivity contribution in [3.63, 3.8) is 0 Å². The minimum absolute atomic E-state index is 0.00871. The molecule has 120 valence electrons. The zero-order valence-electron chi connectivity index (χ0n) is 13.0. The largest absolute Gasteiger partial charge is 0.484 e. The number of nitro groups is 1. The zero-order chi connectivity index (χ0) is 16.6. The lowest BCUT2D eigenvalue weighted by atomic mass is 10.0. The number of benzene rings is 2. The molecule has 0 bridgehead atoms. The first-order valence-electron chi connectivity index (χ1n) is 7.31. The van der Waals surface area contributed by atoms with Gasteiger partial charge >= 0.3 is 0 Å². The van der Waals surface area contributed by atoms with Gasteiger partial charge in [0.1, 0.15) is 17.2 Å². The summed E-state index contributed by atoms with van der Waals surface area (Å²) < 4.78 is 19.8. The second-order valence-corrected chi connectivity index (χ2v) is 6.22. The topological polar surface area (TPSA) is 55.6 Å². The molecule has 0 fully saturated rings. The molecule has 2 aromatic rings. The number of rotatable bonds is 3. The van der Waals surface area contributed by atoms with Crippen molar-refractivity contribution in [1.82, 2.24) is 0 Å². The van der Waals surface area contributed by atoms with E-state index in [0.29, 0.717) is 30.1 Å². The molecule has 5 nitrogen and oxygen atoms in total. The Morgan fingerprint density at radius 1 is 1.30 bits per heavy atom. The van der Waals surface area contributed by atoms with Crippen LogP contribution in [0.1, 0.15) is 19.4 Å². The highest BCUT2D eigenvalue weighted by Gasteiger charge is 2.33. The van der Waals surface area contributed by atoms with Crippen LogP contribution in [0.2, 0.25) is 0 Å². The number of nitro benzene ring substituents is 1. The summed E-state index contributed by atoms with van der Waals surface area (Å²) in [5.74, 6) is 0.284. The minimum atomic E-state index is -0.464. The third kappa shape index (κ3) is 3.11. The fraction of sp³-hybridized carbons (Fsp3) is 0.294. The standard InChI is InChI=1S/C17H17FN2O3/c1-17(2)11-19(10-12-5-3-4-6-14(12)18)15-9-13(20(21)22)7-8-16(15)23-17/h3-9H,10-11H2,1-2H3. The van der Waals surface area contributed by atoms with Gasteiger partial charge in [-0.25, -0.2) is 4.39 Å². The van der Waals surface area contributed by atoms with Crippen LogP contribution >= 0.6 is 0 Å². The van der Waals surface area contributed by atoms with Crippen LogP contribution in [0.3, 0.4) is 0 Å². The third-order valence-electron chi connectivity index (χ3n) is 3.77. The Balaban J connectivity index is 2.01. The van der Waals surface area contributed by atoms with Crippen LogP contribution in [0.15, 0.2) is 42.5 Å². The molecular formula is C17H17FN2O3. The van der Waals surface area contributed by atoms with Gasteiger partial charge in [0.2, 0.25) is 0 Å². The summed E-state index contributed by atoms with van der Waals surface area (Å²) >= 11 is 0. The second-order valence-electron chi connectivity index (χ2n) is 6.22. The van der Waals surface area contributed by atoms with E-state index in [2.05, 4.69) is 0 Å². The van der Waals surface area contributed by atoms with Crippen molar-refractivity contribution < 1.29 is 14.1 Å². The SMILES string of the molecule is CC1(C)CN(Cc2ccccc2F)c2cc([N+](=O)[O-])ccc2O1. The van der Waals surface area contributed by atoms with Crippen molar-refractivity contribution in [2.75, 3.05) is 11.4 Å². The highest BCUT2D eigenvalue weighted by atomic mass is 19.1. The van der Waals surface area contributed by atoms with Crippen LogP contribution in [-0.4, -0.2) is 17.1 Å². The van der Waals surface area contributed by atoms with Crippen molar-refractivity contribution in [3.05, 3.63) is 64.0 Å². The van der Waals surface area contributed by atoms with Gasteiger partial charge in [-0.15, -0.1) is 0 Å². The first-order valence-corrected chi connectivity index (χ1v) is 7.31. The number of ether oxygens (including phenoxy) is 1. The number of anilines is 1. The van der Waals surface area contributed by atoms with Crippen LogP contribution in [0.5, 0.6) is 5.75 Å². The molecule has 0 amide bonds. The molecule has 0 atom stereocenters. The molecule has 1 aliphatic heterocycles. The number of hydrogen-bond donors (Lipinski definition) is 0. The molecule has 6 heteroatoms. The van der Waals surface area contributed by atoms with Gasteiger partial charge in [-0.2, -0.15) is 0 Å². The zero-order valence-corrected chi connectivity index (χ0v) is 13.0. The Morgan fingerprint density at radius 3 is 2.74 bits per heavy atom. The maximum absolute atomic E-state index is 14.0. The van der Waals surface area contributed by atoms with E-state index >= 15 is 0 Å². The van der Waals surface area contributed by atoms with Crippen molar-refractivity contribution in [2.45, 2.75) is 26.0 Å². The monoisotopic (exact) mass is 316 g/mol. The van der Waals surface area contributed by atoms with Crippen LogP contribution in [0.25, 0.3) is 0 Å². The summed E-state index contributed by atoms with van der Waals surface area (Å²) in [5.41, 5.74) is 0.684. The highest BCUT2D eigenvalue weighted by molar-refractivity contribution is 5.65. The van der Waals surface area contributed by atoms with E-state index in [-0.39, 0.29) is 11.5 Å². The number of hydrogen-bond acceptors (Lipinski definition) is 4. The first kappa shape index (κ1) is 15.3. The van der Waals surface area contributed by atoms with Crippen molar-refractivity contribution >= 4 is 11.4 Å². The molecule has 0 spiro atoms. The molecule has 0 radical (unpaired) electrons. The number of fused-ring (bicyclic) bond motifs is 1. The minimum Gasteiger partial charge on any atom is -0.484 e. The molecule has 23 heavy (non-hydrogen) atoms. The highest BCUT2D eigenvalue weighted by Crippen LogP contribution is 2.40. The van der Waals surface area contributed by atoms with E-state index in [1.54, 1.807) is 24.3 Å². The van der Waals surface area contributed by atoms with Crippen LogP contribution < -0.4 is 9.64 Å². The van der Waals surface area contributed by atoms with E-state index in [0.717, 1.165) is 0 Å². The van der Waals surface area contributed by atoms with Gasteiger partial charge in [0.15, 0.2) is 0 Å². The molecule has 2 aromatic carbocycles. The van der Waals surface area contributed by atoms with Gasteiger partial charge in [0.25, 0.3) is 5.69 Å². The summed E-state index contributed by atoms with van der Waals surface area (Å²) in [6.45, 7) is 4.71. The summed E-state index contributed by atoms with van der Waals surface area (Å²) in [6.07, 6.45) is 0. The quantitative estimate of drug-likeness (QED) is 0.636. The first-order chi connectivity index (χ1) is 10.9. The fourth-order valence-electron chi connectivity index (χ4n) is 2.80. The average molecular weight is 316 g/mol. The van der Waals surface area contributed by atoms with Crippen molar-refractivity contribution in [1.29, 1.82) is 0 Å². The second kappa shape index (κ2) is 5.53. The molecule has 0 unspecified atom stereocenters. The maximum Gasteiger partial charge on any atom is 0.271 e. The Morgan fingerprint density at radius 2 is 2.04 bits per heavy atom. The Bertz CT molecular complexity index is 761. The Hall–Kier alpha value is -2.63. The van der Waals surface area contributed by atoms with Crippen LogP contribution in [0, 0.1) is 15.9 Å². The van der Waals surface area contributed by atoms with Crippen molar-refractivity contribution in [3.8, 4) is 5.75 Å². The summed E-state index contributed by atoms with van der Waals surface area (Å²) in [4.78, 5) is 12.5. The number of halogens is 1. The Kier molecular flexibility index (Phi) is 3.67. The molecule has 0 aliphatic carbocycles. The lowest BCUT2D eigenvalue weighted by molar-refractivity contribution is -0.384. The van der Waals surface area contributed by atoms with E-state index < -0.39 is 10.5 Å². The molecule has 0 N–H and O–H groups in total. The molecular weight excluding hydrogens is 299 g/mol. The molecule has 0 aromatic heterocycles. The van der Waals surface area contributed by atoms with Gasteiger partial charge in [-0.1, -0.05) is 18.2 Å². The normalized spacial score (nSPS) is 15.7. The molecule has 0 saturated carbocycles. The van der Waals surface area contributed by atoms with Crippen LogP contribution in [0.4, 0.5) is 15.8 Å². The van der Waals surface area contributed by atoms with E-state index in [1.165, 1.54) is 18.2 Å². The lowest BCUT2D eigenvalue weighted by Crippen LogP contribution is -2.46. The summed E-state index contributed by atoms with van der Waals surface area (Å²) in [6, 6.07) is 11.0. The molecule has 0 saturated heterocycles. The smallest absolute Gasteiger partial charge is 0.271 e. The summed E-state index contributed by atoms with van der Waals surface area (Å²) in [5, 5.41) is 11.0. The van der Waals surface area contributed by atoms with E-state index in [4.69, 9.17) is 4.74 Å². The Labute approximate surface area is 133 Å². The van der Waals surface area contributed by atoms with E-state index in [9.17, 15) is 14.5 Å². The number of non-ortho nitro benzene ring substituents is 1. The predicted octanol–water partition coefficient (Wildman–Crippen LogP) is 3.91. The predicted molar refractivity (Wildman–Crippen MR) is 85.3 cm³/mol. The van der Waals surface area contributed by atoms with E-state index in [1.807, 2.05) is 18.7 Å². The van der Waals surface area contributed by atoms with Crippen molar-refractivity contribution in [2.24, 2.45) is 0 Å². The molecule has 3 rings (SSSR count). The fourth-order valence-corrected chi connectivity index (χ4v) is 2.80. The summed E-state index contributed by atoms with van der Waals surface area (Å²) in [7, 11) is 0. The van der Waals surface area contributed by atoms with Gasteiger partial charge in [-0.3, -0.25) is 10.1 Å². The van der Waals surface area contributed by atoms with Gasteiger partial charge < -0.3 is 9.64 Å².